The van der Waals surface area contributed by atoms with Crippen LogP contribution in [0, 0.1) is 11.3 Å². The fourth-order valence-corrected chi connectivity index (χ4v) is 2.50. The lowest BCUT2D eigenvalue weighted by Crippen LogP contribution is -1.96. The van der Waals surface area contributed by atoms with Crippen molar-refractivity contribution in [1.29, 1.82) is 5.26 Å². The summed E-state index contributed by atoms with van der Waals surface area (Å²) in [6.07, 6.45) is 1.38. The van der Waals surface area contributed by atoms with Crippen LogP contribution in [0.5, 0.6) is 5.75 Å². The zero-order chi connectivity index (χ0) is 14.5. The summed E-state index contributed by atoms with van der Waals surface area (Å²) in [5.41, 5.74) is 1.72. The monoisotopic (exact) mass is 285 g/mol. The van der Waals surface area contributed by atoms with Gasteiger partial charge in [-0.2, -0.15) is 5.26 Å². The molecule has 0 atom stereocenters. The van der Waals surface area contributed by atoms with Gasteiger partial charge in [0.1, 0.15) is 17.4 Å². The Bertz CT molecular complexity index is 693. The van der Waals surface area contributed by atoms with E-state index in [1.807, 2.05) is 35.7 Å². The topological polar surface area (TPSA) is 70.3 Å². The summed E-state index contributed by atoms with van der Waals surface area (Å²) >= 11 is 1.39. The predicted octanol–water partition coefficient (Wildman–Crippen LogP) is 3.42. The number of methoxy groups -OCH3 is 1. The number of carboxylic acid groups (broad SMARTS) is 1. The quantitative estimate of drug-likeness (QED) is 0.690. The van der Waals surface area contributed by atoms with Crippen molar-refractivity contribution >= 4 is 23.4 Å². The summed E-state index contributed by atoms with van der Waals surface area (Å²) in [5, 5.41) is 19.5. The van der Waals surface area contributed by atoms with Crippen molar-refractivity contribution in [3.8, 4) is 22.9 Å². The number of aliphatic carboxylic acids is 1. The summed E-state index contributed by atoms with van der Waals surface area (Å²) < 4.78 is 5.10. The zero-order valence-corrected chi connectivity index (χ0v) is 11.5. The maximum Gasteiger partial charge on any atom is 0.346 e. The van der Waals surface area contributed by atoms with Gasteiger partial charge in [-0.05, 0) is 40.8 Å². The van der Waals surface area contributed by atoms with Crippen molar-refractivity contribution in [3.05, 3.63) is 46.2 Å². The highest BCUT2D eigenvalue weighted by Crippen LogP contribution is 2.28. The first-order valence-electron chi connectivity index (χ1n) is 5.72. The van der Waals surface area contributed by atoms with Gasteiger partial charge in [-0.15, -0.1) is 11.3 Å². The van der Waals surface area contributed by atoms with E-state index < -0.39 is 5.97 Å². The summed E-state index contributed by atoms with van der Waals surface area (Å²) in [6, 6.07) is 11.1. The van der Waals surface area contributed by atoms with Crippen LogP contribution in [0.1, 0.15) is 4.88 Å². The Kier molecular flexibility index (Phi) is 4.18. The van der Waals surface area contributed by atoms with E-state index in [0.29, 0.717) is 0 Å². The largest absolute Gasteiger partial charge is 0.497 e. The first kappa shape index (κ1) is 13.8. The van der Waals surface area contributed by atoms with Crippen LogP contribution in [-0.4, -0.2) is 18.2 Å². The maximum atomic E-state index is 10.8. The van der Waals surface area contributed by atoms with E-state index in [4.69, 9.17) is 15.1 Å². The standard InChI is InChI=1S/C15H11NO3S/c1-19-13-4-2-10(3-5-13)12-7-14(20-9-12)6-11(8-16)15(17)18/h2-7,9H,1H3,(H,17,18)/b11-6+. The molecule has 0 saturated carbocycles. The average molecular weight is 285 g/mol. The molecule has 4 nitrogen and oxygen atoms in total. The molecule has 1 heterocycles. The van der Waals surface area contributed by atoms with Gasteiger partial charge in [-0.25, -0.2) is 4.79 Å². The second-order valence-corrected chi connectivity index (χ2v) is 4.88. The number of rotatable bonds is 4. The Labute approximate surface area is 120 Å². The molecule has 2 aromatic rings. The van der Waals surface area contributed by atoms with Crippen molar-refractivity contribution in [2.45, 2.75) is 0 Å². The van der Waals surface area contributed by atoms with E-state index >= 15 is 0 Å². The number of hydrogen-bond donors (Lipinski definition) is 1. The molecule has 0 spiro atoms. The Morgan fingerprint density at radius 2 is 2.05 bits per heavy atom. The van der Waals surface area contributed by atoms with Gasteiger partial charge in [-0.3, -0.25) is 0 Å². The molecule has 0 bridgehead atoms. The minimum atomic E-state index is -1.22. The third-order valence-corrected chi connectivity index (χ3v) is 3.56. The number of carbonyl (C=O) groups is 1. The van der Waals surface area contributed by atoms with Gasteiger partial charge in [0.25, 0.3) is 0 Å². The molecule has 0 aliphatic rings. The lowest BCUT2D eigenvalue weighted by Gasteiger charge is -2.00. The van der Waals surface area contributed by atoms with E-state index in [-0.39, 0.29) is 5.57 Å². The third kappa shape index (κ3) is 3.05. The van der Waals surface area contributed by atoms with E-state index in [2.05, 4.69) is 0 Å². The third-order valence-electron chi connectivity index (χ3n) is 2.68. The highest BCUT2D eigenvalue weighted by molar-refractivity contribution is 7.11. The molecule has 0 unspecified atom stereocenters. The van der Waals surface area contributed by atoms with Crippen LogP contribution in [0.3, 0.4) is 0 Å². The Hall–Kier alpha value is -2.58. The van der Waals surface area contributed by atoms with Crippen LogP contribution in [0.2, 0.25) is 0 Å². The number of hydrogen-bond acceptors (Lipinski definition) is 4. The minimum absolute atomic E-state index is 0.270. The molecule has 20 heavy (non-hydrogen) atoms. The molecule has 0 aliphatic carbocycles. The second kappa shape index (κ2) is 6.04. The van der Waals surface area contributed by atoms with Crippen LogP contribution < -0.4 is 4.74 Å². The van der Waals surface area contributed by atoms with E-state index in [1.54, 1.807) is 13.2 Å². The molecular weight excluding hydrogens is 274 g/mol. The highest BCUT2D eigenvalue weighted by atomic mass is 32.1. The average Bonchev–Trinajstić information content (AvgIpc) is 2.93. The molecule has 0 radical (unpaired) electrons. The molecule has 2 rings (SSSR count). The van der Waals surface area contributed by atoms with E-state index in [1.165, 1.54) is 17.4 Å². The smallest absolute Gasteiger partial charge is 0.346 e. The fraction of sp³-hybridized carbons (Fsp3) is 0.0667. The number of nitriles is 1. The molecule has 5 heteroatoms. The van der Waals surface area contributed by atoms with Gasteiger partial charge in [0, 0.05) is 4.88 Å². The van der Waals surface area contributed by atoms with Gasteiger partial charge < -0.3 is 9.84 Å². The fourth-order valence-electron chi connectivity index (χ4n) is 1.65. The van der Waals surface area contributed by atoms with Crippen molar-refractivity contribution < 1.29 is 14.6 Å². The van der Waals surface area contributed by atoms with Crippen LogP contribution in [0.15, 0.2) is 41.3 Å². The number of carboxylic acids is 1. The van der Waals surface area contributed by atoms with Gasteiger partial charge in [-0.1, -0.05) is 12.1 Å². The van der Waals surface area contributed by atoms with Crippen LogP contribution in [0.25, 0.3) is 17.2 Å². The number of benzene rings is 1. The van der Waals surface area contributed by atoms with Crippen molar-refractivity contribution in [2.75, 3.05) is 7.11 Å². The number of nitrogens with zero attached hydrogens (tertiary/aromatic N) is 1. The lowest BCUT2D eigenvalue weighted by atomic mass is 10.1. The van der Waals surface area contributed by atoms with Crippen molar-refractivity contribution in [1.82, 2.24) is 0 Å². The van der Waals surface area contributed by atoms with Gasteiger partial charge in [0.15, 0.2) is 0 Å². The molecule has 0 saturated heterocycles. The molecular formula is C15H11NO3S. The number of ether oxygens (including phenoxy) is 1. The van der Waals surface area contributed by atoms with Gasteiger partial charge in [0.05, 0.1) is 7.11 Å². The Balaban J connectivity index is 2.29. The maximum absolute atomic E-state index is 10.8. The molecule has 100 valence electrons. The lowest BCUT2D eigenvalue weighted by molar-refractivity contribution is -0.132. The molecule has 1 N–H and O–H groups in total. The molecule has 0 fully saturated rings. The molecule has 0 amide bonds. The van der Waals surface area contributed by atoms with Gasteiger partial charge in [0.2, 0.25) is 0 Å². The first-order chi connectivity index (χ1) is 9.63. The van der Waals surface area contributed by atoms with Gasteiger partial charge >= 0.3 is 5.97 Å². The predicted molar refractivity (Wildman–Crippen MR) is 77.5 cm³/mol. The Morgan fingerprint density at radius 1 is 1.35 bits per heavy atom. The SMILES string of the molecule is COc1ccc(-c2csc(/C=C(\C#N)C(=O)O)c2)cc1. The molecule has 0 aliphatic heterocycles. The highest BCUT2D eigenvalue weighted by Gasteiger charge is 2.07. The van der Waals surface area contributed by atoms with Crippen LogP contribution in [0.4, 0.5) is 0 Å². The number of thiophene rings is 1. The first-order valence-corrected chi connectivity index (χ1v) is 6.60. The van der Waals surface area contributed by atoms with Crippen molar-refractivity contribution in [3.63, 3.8) is 0 Å². The zero-order valence-electron chi connectivity index (χ0n) is 10.7. The second-order valence-electron chi connectivity index (χ2n) is 3.94. The summed E-state index contributed by atoms with van der Waals surface area (Å²) in [6.45, 7) is 0. The van der Waals surface area contributed by atoms with E-state index in [9.17, 15) is 4.79 Å². The summed E-state index contributed by atoms with van der Waals surface area (Å²) in [7, 11) is 1.61. The summed E-state index contributed by atoms with van der Waals surface area (Å²) in [4.78, 5) is 11.5. The normalized spacial score (nSPS) is 10.9. The Morgan fingerprint density at radius 3 is 2.60 bits per heavy atom. The van der Waals surface area contributed by atoms with Crippen molar-refractivity contribution in [2.24, 2.45) is 0 Å². The molecule has 1 aromatic heterocycles. The van der Waals surface area contributed by atoms with Crippen LogP contribution >= 0.6 is 11.3 Å². The minimum Gasteiger partial charge on any atom is -0.497 e. The summed E-state index contributed by atoms with van der Waals surface area (Å²) in [5.74, 6) is -0.436. The van der Waals surface area contributed by atoms with Crippen LogP contribution in [-0.2, 0) is 4.79 Å². The molecule has 1 aromatic carbocycles. The van der Waals surface area contributed by atoms with E-state index in [0.717, 1.165) is 21.8 Å².